The van der Waals surface area contributed by atoms with Gasteiger partial charge in [-0.25, -0.2) is 0 Å². The zero-order valence-electron chi connectivity index (χ0n) is 23.7. The van der Waals surface area contributed by atoms with E-state index in [1.165, 1.54) is 128 Å². The highest BCUT2D eigenvalue weighted by atomic mass is 16.6. The van der Waals surface area contributed by atoms with E-state index in [4.69, 9.17) is 9.47 Å². The number of esters is 2. The van der Waals surface area contributed by atoms with E-state index in [1.807, 2.05) is 0 Å². The van der Waals surface area contributed by atoms with Crippen LogP contribution in [0.5, 0.6) is 0 Å². The molecule has 0 bridgehead atoms. The fraction of sp³-hybridized carbons (Fsp3) is 0.935. The third kappa shape index (κ3) is 29.1. The van der Waals surface area contributed by atoms with Crippen LogP contribution in [0.1, 0.15) is 174 Å². The molecule has 0 spiro atoms. The fourth-order valence-electron chi connectivity index (χ4n) is 4.48. The highest BCUT2D eigenvalue weighted by Crippen LogP contribution is 2.13. The molecule has 208 valence electrons. The van der Waals surface area contributed by atoms with Crippen molar-refractivity contribution in [2.45, 2.75) is 174 Å². The maximum absolute atomic E-state index is 11.8. The Hall–Kier alpha value is -1.06. The Labute approximate surface area is 218 Å². The molecule has 0 amide bonds. The number of ether oxygens (including phenoxy) is 2. The Kier molecular flexibility index (Phi) is 28.3. The average Bonchev–Trinajstić information content (AvgIpc) is 2.85. The van der Waals surface area contributed by atoms with E-state index in [1.54, 1.807) is 0 Å². The van der Waals surface area contributed by atoms with E-state index in [2.05, 4.69) is 13.8 Å². The molecule has 0 aromatic rings. The van der Waals surface area contributed by atoms with E-state index >= 15 is 0 Å². The van der Waals surface area contributed by atoms with Crippen LogP contribution >= 0.6 is 0 Å². The second-order valence-electron chi connectivity index (χ2n) is 10.4. The van der Waals surface area contributed by atoms with Crippen LogP contribution in [-0.2, 0) is 19.1 Å². The third-order valence-electron chi connectivity index (χ3n) is 6.81. The zero-order valence-corrected chi connectivity index (χ0v) is 23.7. The van der Waals surface area contributed by atoms with Gasteiger partial charge in [0.15, 0.2) is 0 Å². The summed E-state index contributed by atoms with van der Waals surface area (Å²) >= 11 is 0. The van der Waals surface area contributed by atoms with Gasteiger partial charge in [0.25, 0.3) is 0 Å². The molecule has 0 fully saturated rings. The minimum absolute atomic E-state index is 0.253. The van der Waals surface area contributed by atoms with Crippen molar-refractivity contribution in [3.05, 3.63) is 0 Å². The van der Waals surface area contributed by atoms with Gasteiger partial charge >= 0.3 is 11.9 Å². The van der Waals surface area contributed by atoms with Gasteiger partial charge in [-0.15, -0.1) is 0 Å². The molecule has 0 aliphatic heterocycles. The molecule has 0 aliphatic rings. The number of unbranched alkanes of at least 4 members (excludes halogenated alkanes) is 22. The van der Waals surface area contributed by atoms with Gasteiger partial charge in [-0.2, -0.15) is 0 Å². The summed E-state index contributed by atoms with van der Waals surface area (Å²) in [5.74, 6) is -0.902. The maximum Gasteiger partial charge on any atom is 0.317 e. The molecule has 0 atom stereocenters. The summed E-state index contributed by atoms with van der Waals surface area (Å²) in [5, 5.41) is 0. The topological polar surface area (TPSA) is 52.6 Å². The molecule has 0 saturated heterocycles. The molecule has 0 saturated carbocycles. The highest BCUT2D eigenvalue weighted by molar-refractivity contribution is 5.91. The first-order valence-corrected chi connectivity index (χ1v) is 15.5. The first kappa shape index (κ1) is 33.9. The van der Waals surface area contributed by atoms with Crippen molar-refractivity contribution in [1.82, 2.24) is 0 Å². The summed E-state index contributed by atoms with van der Waals surface area (Å²) < 4.78 is 10.4. The summed E-state index contributed by atoms with van der Waals surface area (Å²) in [7, 11) is 0. The summed E-state index contributed by atoms with van der Waals surface area (Å²) in [6.45, 7) is 5.36. The summed E-state index contributed by atoms with van der Waals surface area (Å²) in [4.78, 5) is 23.5. The maximum atomic E-state index is 11.8. The van der Waals surface area contributed by atoms with Crippen molar-refractivity contribution < 1.29 is 19.1 Å². The van der Waals surface area contributed by atoms with Gasteiger partial charge in [0.2, 0.25) is 0 Å². The molecular formula is C31H60O4. The molecule has 0 unspecified atom stereocenters. The molecule has 0 N–H and O–H groups in total. The van der Waals surface area contributed by atoms with Crippen molar-refractivity contribution >= 4 is 11.9 Å². The average molecular weight is 497 g/mol. The van der Waals surface area contributed by atoms with Crippen LogP contribution in [0.2, 0.25) is 0 Å². The van der Waals surface area contributed by atoms with Crippen LogP contribution in [-0.4, -0.2) is 25.2 Å². The van der Waals surface area contributed by atoms with Gasteiger partial charge in [0.05, 0.1) is 13.2 Å². The Morgan fingerprint density at radius 1 is 0.371 bits per heavy atom. The van der Waals surface area contributed by atoms with Gasteiger partial charge in [-0.05, 0) is 12.8 Å². The van der Waals surface area contributed by atoms with Crippen LogP contribution in [0.25, 0.3) is 0 Å². The fourth-order valence-corrected chi connectivity index (χ4v) is 4.48. The normalized spacial score (nSPS) is 11.0. The molecule has 0 aromatic heterocycles. The molecule has 4 nitrogen and oxygen atoms in total. The Morgan fingerprint density at radius 3 is 0.857 bits per heavy atom. The molecule has 0 radical (unpaired) electrons. The Bertz CT molecular complexity index is 409. The van der Waals surface area contributed by atoms with Crippen molar-refractivity contribution in [3.63, 3.8) is 0 Å². The highest BCUT2D eigenvalue weighted by Gasteiger charge is 2.11. The van der Waals surface area contributed by atoms with Crippen LogP contribution in [0.3, 0.4) is 0 Å². The first-order valence-electron chi connectivity index (χ1n) is 15.5. The SMILES string of the molecule is CCCCCCCCCCCCCCOC(=O)CC(=O)OCCCCCCCCCCCCCC. The number of rotatable bonds is 28. The Balaban J connectivity index is 3.29. The number of hydrogen-bond donors (Lipinski definition) is 0. The van der Waals surface area contributed by atoms with Gasteiger partial charge in [0.1, 0.15) is 6.42 Å². The van der Waals surface area contributed by atoms with Crippen molar-refractivity contribution in [2.75, 3.05) is 13.2 Å². The van der Waals surface area contributed by atoms with Crippen molar-refractivity contribution in [3.8, 4) is 0 Å². The molecule has 4 heteroatoms. The minimum atomic E-state index is -0.451. The third-order valence-corrected chi connectivity index (χ3v) is 6.81. The monoisotopic (exact) mass is 496 g/mol. The molecule has 0 heterocycles. The predicted octanol–water partition coefficient (Wildman–Crippen LogP) is 9.87. The van der Waals surface area contributed by atoms with E-state index in [9.17, 15) is 9.59 Å². The number of carbonyl (C=O) groups excluding carboxylic acids is 2. The Morgan fingerprint density at radius 2 is 0.600 bits per heavy atom. The zero-order chi connectivity index (χ0) is 25.7. The van der Waals surface area contributed by atoms with Gasteiger partial charge in [0, 0.05) is 0 Å². The smallest absolute Gasteiger partial charge is 0.317 e. The number of hydrogen-bond acceptors (Lipinski definition) is 4. The molecule has 0 rings (SSSR count). The lowest BCUT2D eigenvalue weighted by Gasteiger charge is -2.06. The van der Waals surface area contributed by atoms with Crippen LogP contribution in [0.15, 0.2) is 0 Å². The number of carbonyl (C=O) groups is 2. The second-order valence-corrected chi connectivity index (χ2v) is 10.4. The summed E-state index contributed by atoms with van der Waals surface area (Å²) in [6, 6.07) is 0. The molecule has 35 heavy (non-hydrogen) atoms. The molecular weight excluding hydrogens is 436 g/mol. The van der Waals surface area contributed by atoms with E-state index in [0.717, 1.165) is 25.7 Å². The summed E-state index contributed by atoms with van der Waals surface area (Å²) in [5.41, 5.74) is 0. The molecule has 0 aromatic carbocycles. The van der Waals surface area contributed by atoms with Gasteiger partial charge in [-0.1, -0.05) is 155 Å². The quantitative estimate of drug-likeness (QED) is 0.0614. The largest absolute Gasteiger partial charge is 0.465 e. The van der Waals surface area contributed by atoms with E-state index in [-0.39, 0.29) is 6.42 Å². The lowest BCUT2D eigenvalue weighted by atomic mass is 10.1. The van der Waals surface area contributed by atoms with E-state index < -0.39 is 11.9 Å². The standard InChI is InChI=1S/C31H60O4/c1-3-5-7-9-11-13-15-17-19-21-23-25-27-34-30(32)29-31(33)35-28-26-24-22-20-18-16-14-12-10-8-6-4-2/h3-29H2,1-2H3. The van der Waals surface area contributed by atoms with Crippen LogP contribution < -0.4 is 0 Å². The second kappa shape index (κ2) is 29.2. The molecule has 0 aliphatic carbocycles. The first-order chi connectivity index (χ1) is 17.2. The van der Waals surface area contributed by atoms with E-state index in [0.29, 0.717) is 13.2 Å². The predicted molar refractivity (Wildman–Crippen MR) is 149 cm³/mol. The van der Waals surface area contributed by atoms with Gasteiger partial charge in [-0.3, -0.25) is 9.59 Å². The lowest BCUT2D eigenvalue weighted by Crippen LogP contribution is -2.15. The van der Waals surface area contributed by atoms with Crippen molar-refractivity contribution in [1.29, 1.82) is 0 Å². The van der Waals surface area contributed by atoms with Crippen LogP contribution in [0, 0.1) is 0 Å². The summed E-state index contributed by atoms with van der Waals surface area (Å²) in [6.07, 6.45) is 30.5. The minimum Gasteiger partial charge on any atom is -0.465 e. The van der Waals surface area contributed by atoms with Crippen molar-refractivity contribution in [2.24, 2.45) is 0 Å². The van der Waals surface area contributed by atoms with Crippen LogP contribution in [0.4, 0.5) is 0 Å². The van der Waals surface area contributed by atoms with Gasteiger partial charge < -0.3 is 9.47 Å². The lowest BCUT2D eigenvalue weighted by molar-refractivity contribution is -0.154.